The van der Waals surface area contributed by atoms with E-state index in [-0.39, 0.29) is 12.5 Å². The van der Waals surface area contributed by atoms with Crippen molar-refractivity contribution in [3.05, 3.63) is 0 Å². The highest BCUT2D eigenvalue weighted by molar-refractivity contribution is 5.69. The van der Waals surface area contributed by atoms with Gasteiger partial charge in [-0.15, -0.1) is 0 Å². The molecule has 0 saturated heterocycles. The van der Waals surface area contributed by atoms with Crippen molar-refractivity contribution in [2.24, 2.45) is 5.84 Å². The van der Waals surface area contributed by atoms with Gasteiger partial charge in [0.05, 0.1) is 19.1 Å². The molecule has 0 aliphatic rings. The molecule has 96 valence electrons. The van der Waals surface area contributed by atoms with E-state index in [2.05, 4.69) is 11.8 Å². The van der Waals surface area contributed by atoms with Gasteiger partial charge in [0.1, 0.15) is 0 Å². The number of nitrogens with one attached hydrogen (secondary N) is 1. The van der Waals surface area contributed by atoms with E-state index in [0.29, 0.717) is 6.61 Å². The molecule has 1 atom stereocenters. The van der Waals surface area contributed by atoms with Crippen molar-refractivity contribution in [1.82, 2.24) is 5.59 Å². The van der Waals surface area contributed by atoms with Crippen LogP contribution in [0.25, 0.3) is 0 Å². The number of ether oxygens (including phenoxy) is 1. The largest absolute Gasteiger partial charge is 0.378 e. The summed E-state index contributed by atoms with van der Waals surface area (Å²) in [5, 5.41) is 0. The average Bonchev–Trinajstić information content (AvgIpc) is 2.25. The predicted molar refractivity (Wildman–Crippen MR) is 62.2 cm³/mol. The van der Waals surface area contributed by atoms with E-state index < -0.39 is 5.97 Å². The standard InChI is InChI=1S/C11H24N2O3/c1-3-4-5-6-7-10(2)15-9-8-11(14)16-13-12/h10,13H,3-9,12H2,1-2H3. The Labute approximate surface area is 97.6 Å². The quantitative estimate of drug-likeness (QED) is 0.340. The highest BCUT2D eigenvalue weighted by atomic mass is 16.7. The highest BCUT2D eigenvalue weighted by Gasteiger charge is 2.05. The van der Waals surface area contributed by atoms with Crippen molar-refractivity contribution in [3.8, 4) is 0 Å². The highest BCUT2D eigenvalue weighted by Crippen LogP contribution is 2.08. The van der Waals surface area contributed by atoms with Crippen LogP contribution in [0.1, 0.15) is 52.4 Å². The molecule has 0 aliphatic heterocycles. The van der Waals surface area contributed by atoms with Crippen LogP contribution in [0.3, 0.4) is 0 Å². The zero-order valence-electron chi connectivity index (χ0n) is 10.3. The van der Waals surface area contributed by atoms with Crippen LogP contribution in [-0.4, -0.2) is 18.7 Å². The molecule has 5 heteroatoms. The lowest BCUT2D eigenvalue weighted by molar-refractivity contribution is -0.152. The molecule has 0 fully saturated rings. The monoisotopic (exact) mass is 232 g/mol. The van der Waals surface area contributed by atoms with Gasteiger partial charge >= 0.3 is 5.97 Å². The molecule has 0 amide bonds. The zero-order valence-corrected chi connectivity index (χ0v) is 10.3. The van der Waals surface area contributed by atoms with Gasteiger partial charge in [0, 0.05) is 0 Å². The van der Waals surface area contributed by atoms with Crippen LogP contribution < -0.4 is 11.4 Å². The Morgan fingerprint density at radius 1 is 1.38 bits per heavy atom. The molecular formula is C11H24N2O3. The SMILES string of the molecule is CCCCCCC(C)OCCC(=O)ONN. The Morgan fingerprint density at radius 3 is 2.75 bits per heavy atom. The lowest BCUT2D eigenvalue weighted by Gasteiger charge is -2.12. The lowest BCUT2D eigenvalue weighted by Crippen LogP contribution is -2.27. The van der Waals surface area contributed by atoms with Crippen molar-refractivity contribution in [1.29, 1.82) is 0 Å². The van der Waals surface area contributed by atoms with Gasteiger partial charge in [-0.25, -0.2) is 5.84 Å². The third-order valence-corrected chi connectivity index (χ3v) is 2.35. The number of carbonyl (C=O) groups is 1. The molecule has 16 heavy (non-hydrogen) atoms. The van der Waals surface area contributed by atoms with Gasteiger partial charge in [-0.1, -0.05) is 38.2 Å². The second kappa shape index (κ2) is 10.9. The van der Waals surface area contributed by atoms with Gasteiger partial charge < -0.3 is 9.57 Å². The van der Waals surface area contributed by atoms with E-state index in [1.165, 1.54) is 25.7 Å². The van der Waals surface area contributed by atoms with Gasteiger partial charge in [-0.05, 0) is 13.3 Å². The number of hydrogen-bond acceptors (Lipinski definition) is 5. The summed E-state index contributed by atoms with van der Waals surface area (Å²) >= 11 is 0. The molecule has 0 radical (unpaired) electrons. The Kier molecular flexibility index (Phi) is 10.4. The fourth-order valence-electron chi connectivity index (χ4n) is 1.40. The summed E-state index contributed by atoms with van der Waals surface area (Å²) in [6.07, 6.45) is 6.44. The molecular weight excluding hydrogens is 208 g/mol. The molecule has 0 spiro atoms. The van der Waals surface area contributed by atoms with Crippen LogP contribution in [0.2, 0.25) is 0 Å². The normalized spacial score (nSPS) is 12.4. The first-order valence-corrected chi connectivity index (χ1v) is 5.97. The maximum atomic E-state index is 10.9. The fraction of sp³-hybridized carbons (Fsp3) is 0.909. The van der Waals surface area contributed by atoms with Gasteiger partial charge in [0.25, 0.3) is 0 Å². The average molecular weight is 232 g/mol. The van der Waals surface area contributed by atoms with Crippen LogP contribution >= 0.6 is 0 Å². The van der Waals surface area contributed by atoms with Crippen LogP contribution in [0.5, 0.6) is 0 Å². The first-order valence-electron chi connectivity index (χ1n) is 5.97. The maximum Gasteiger partial charge on any atom is 0.328 e. The zero-order chi connectivity index (χ0) is 12.2. The number of carbonyl (C=O) groups excluding carboxylic acids is 1. The van der Waals surface area contributed by atoms with E-state index in [0.717, 1.165) is 6.42 Å². The second-order valence-electron chi connectivity index (χ2n) is 3.87. The van der Waals surface area contributed by atoms with Crippen molar-refractivity contribution in [3.63, 3.8) is 0 Å². The summed E-state index contributed by atoms with van der Waals surface area (Å²) in [6, 6.07) is 0. The van der Waals surface area contributed by atoms with E-state index >= 15 is 0 Å². The second-order valence-corrected chi connectivity index (χ2v) is 3.87. The van der Waals surface area contributed by atoms with Crippen molar-refractivity contribution >= 4 is 5.97 Å². The summed E-state index contributed by atoms with van der Waals surface area (Å²) in [5.41, 5.74) is 1.85. The third kappa shape index (κ3) is 9.89. The maximum absolute atomic E-state index is 10.9. The Morgan fingerprint density at radius 2 is 2.12 bits per heavy atom. The summed E-state index contributed by atoms with van der Waals surface area (Å²) in [7, 11) is 0. The molecule has 0 aromatic rings. The van der Waals surface area contributed by atoms with Crippen LogP contribution in [-0.2, 0) is 14.4 Å². The molecule has 5 nitrogen and oxygen atoms in total. The summed E-state index contributed by atoms with van der Waals surface area (Å²) in [4.78, 5) is 15.2. The van der Waals surface area contributed by atoms with E-state index in [4.69, 9.17) is 10.6 Å². The van der Waals surface area contributed by atoms with Gasteiger partial charge in [-0.2, -0.15) is 0 Å². The summed E-state index contributed by atoms with van der Waals surface area (Å²) < 4.78 is 5.47. The Bertz CT molecular complexity index is 177. The van der Waals surface area contributed by atoms with E-state index in [9.17, 15) is 4.79 Å². The number of hydrogen-bond donors (Lipinski definition) is 2. The van der Waals surface area contributed by atoms with Gasteiger partial charge in [-0.3, -0.25) is 4.79 Å². The number of rotatable bonds is 10. The number of unbranched alkanes of at least 4 members (excludes halogenated alkanes) is 3. The molecule has 3 N–H and O–H groups in total. The minimum absolute atomic E-state index is 0.204. The number of nitrogens with two attached hydrogens (primary N) is 1. The van der Waals surface area contributed by atoms with Crippen molar-refractivity contribution in [2.45, 2.75) is 58.5 Å². The molecule has 0 bridgehead atoms. The van der Waals surface area contributed by atoms with Crippen molar-refractivity contribution < 1.29 is 14.4 Å². The van der Waals surface area contributed by atoms with Crippen molar-refractivity contribution in [2.75, 3.05) is 6.61 Å². The van der Waals surface area contributed by atoms with Gasteiger partial charge in [0.2, 0.25) is 0 Å². The van der Waals surface area contributed by atoms with Crippen LogP contribution in [0, 0.1) is 0 Å². The Balaban J connectivity index is 3.29. The smallest absolute Gasteiger partial charge is 0.328 e. The first kappa shape index (κ1) is 15.3. The van der Waals surface area contributed by atoms with E-state index in [1.54, 1.807) is 0 Å². The van der Waals surface area contributed by atoms with E-state index in [1.807, 2.05) is 12.5 Å². The summed E-state index contributed by atoms with van der Waals surface area (Å²) in [6.45, 7) is 4.60. The lowest BCUT2D eigenvalue weighted by atomic mass is 10.1. The molecule has 0 aliphatic carbocycles. The minimum Gasteiger partial charge on any atom is -0.378 e. The molecule has 0 aromatic heterocycles. The van der Waals surface area contributed by atoms with Gasteiger partial charge in [0.15, 0.2) is 0 Å². The molecule has 0 rings (SSSR count). The minimum atomic E-state index is -0.402. The predicted octanol–water partition coefficient (Wildman–Crippen LogP) is 1.67. The van der Waals surface area contributed by atoms with Crippen LogP contribution in [0.15, 0.2) is 0 Å². The summed E-state index contributed by atoms with van der Waals surface area (Å²) in [5.74, 6) is 4.42. The third-order valence-electron chi connectivity index (χ3n) is 2.35. The molecule has 0 saturated carbocycles. The first-order chi connectivity index (χ1) is 7.70. The molecule has 0 heterocycles. The molecule has 0 aromatic carbocycles. The number of hydrazine groups is 1. The Hall–Kier alpha value is -0.650. The fourth-order valence-corrected chi connectivity index (χ4v) is 1.40. The van der Waals surface area contributed by atoms with Crippen LogP contribution in [0.4, 0.5) is 0 Å². The molecule has 1 unspecified atom stereocenters. The topological polar surface area (TPSA) is 73.6 Å².